The average Bonchev–Trinajstić information content (AvgIpc) is 3.16. The van der Waals surface area contributed by atoms with Crippen LogP contribution in [0.5, 0.6) is 0 Å². The van der Waals surface area contributed by atoms with Crippen molar-refractivity contribution in [1.29, 1.82) is 0 Å². The number of benzene rings is 1. The molecule has 1 aliphatic carbocycles. The third-order valence-electron chi connectivity index (χ3n) is 4.72. The molecule has 0 bridgehead atoms. The van der Waals surface area contributed by atoms with Crippen LogP contribution in [0.1, 0.15) is 19.3 Å². The highest BCUT2D eigenvalue weighted by molar-refractivity contribution is 7.89. The third kappa shape index (κ3) is 3.62. The van der Waals surface area contributed by atoms with Crippen molar-refractivity contribution in [3.05, 3.63) is 42.7 Å². The molecule has 25 heavy (non-hydrogen) atoms. The maximum Gasteiger partial charge on any atom is 0.240 e. The molecule has 0 amide bonds. The zero-order valence-corrected chi connectivity index (χ0v) is 14.6. The average molecular weight is 363 g/mol. The van der Waals surface area contributed by atoms with Crippen molar-refractivity contribution < 1.29 is 17.9 Å². The number of hydrogen-bond donors (Lipinski definition) is 1. The van der Waals surface area contributed by atoms with Crippen LogP contribution in [0.3, 0.4) is 0 Å². The number of nitrogens with one attached hydrogen (secondary N) is 1. The highest BCUT2D eigenvalue weighted by Crippen LogP contribution is 2.27. The van der Waals surface area contributed by atoms with E-state index in [1.54, 1.807) is 35.1 Å². The van der Waals surface area contributed by atoms with E-state index in [4.69, 9.17) is 9.47 Å². The van der Waals surface area contributed by atoms with E-state index in [0.717, 1.165) is 18.5 Å². The lowest BCUT2D eigenvalue weighted by atomic mass is 9.90. The summed E-state index contributed by atoms with van der Waals surface area (Å²) in [4.78, 5) is 0.256. The largest absolute Gasteiger partial charge is 0.373 e. The number of rotatable bonds is 4. The number of nitrogens with zero attached hydrogens (tertiary/aromatic N) is 2. The second-order valence-electron chi connectivity index (χ2n) is 6.39. The molecule has 1 aliphatic heterocycles. The summed E-state index contributed by atoms with van der Waals surface area (Å²) in [5.74, 6) is 0. The van der Waals surface area contributed by atoms with Crippen LogP contribution in [0.25, 0.3) is 5.69 Å². The molecule has 1 saturated heterocycles. The van der Waals surface area contributed by atoms with Crippen molar-refractivity contribution in [2.24, 2.45) is 0 Å². The van der Waals surface area contributed by atoms with E-state index in [-0.39, 0.29) is 23.1 Å². The molecule has 1 aromatic heterocycles. The number of aromatic nitrogens is 2. The highest BCUT2D eigenvalue weighted by Gasteiger charge is 2.35. The molecule has 4 rings (SSSR count). The predicted octanol–water partition coefficient (Wildman–Crippen LogP) is 1.49. The molecule has 0 unspecified atom stereocenters. The topological polar surface area (TPSA) is 82.5 Å². The van der Waals surface area contributed by atoms with E-state index in [0.29, 0.717) is 19.6 Å². The van der Waals surface area contributed by atoms with Gasteiger partial charge in [-0.2, -0.15) is 5.10 Å². The summed E-state index contributed by atoms with van der Waals surface area (Å²) < 4.78 is 41.2. The van der Waals surface area contributed by atoms with Gasteiger partial charge in [-0.1, -0.05) is 0 Å². The zero-order chi connectivity index (χ0) is 17.3. The monoisotopic (exact) mass is 363 g/mol. The van der Waals surface area contributed by atoms with Crippen molar-refractivity contribution in [3.8, 4) is 5.69 Å². The zero-order valence-electron chi connectivity index (χ0n) is 13.7. The Morgan fingerprint density at radius 1 is 1.08 bits per heavy atom. The minimum Gasteiger partial charge on any atom is -0.373 e. The first kappa shape index (κ1) is 16.7. The summed E-state index contributed by atoms with van der Waals surface area (Å²) in [6, 6.07) is 8.39. The van der Waals surface area contributed by atoms with Crippen molar-refractivity contribution in [2.75, 3.05) is 13.2 Å². The molecule has 134 valence electrons. The normalized spacial score (nSPS) is 27.0. The molecule has 3 atom stereocenters. The van der Waals surface area contributed by atoms with Gasteiger partial charge in [-0.3, -0.25) is 0 Å². The van der Waals surface area contributed by atoms with Crippen molar-refractivity contribution in [2.45, 2.75) is 42.4 Å². The Kier molecular flexibility index (Phi) is 4.60. The van der Waals surface area contributed by atoms with E-state index in [1.165, 1.54) is 0 Å². The molecular formula is C17H21N3O4S. The number of ether oxygens (including phenoxy) is 2. The molecule has 1 N–H and O–H groups in total. The van der Waals surface area contributed by atoms with Gasteiger partial charge in [0.2, 0.25) is 10.0 Å². The van der Waals surface area contributed by atoms with Gasteiger partial charge in [0.1, 0.15) is 0 Å². The number of sulfonamides is 1. The van der Waals surface area contributed by atoms with Crippen LogP contribution in [0.15, 0.2) is 47.6 Å². The van der Waals surface area contributed by atoms with Gasteiger partial charge in [0.15, 0.2) is 0 Å². The van der Waals surface area contributed by atoms with Crippen LogP contribution in [0.4, 0.5) is 0 Å². The Morgan fingerprint density at radius 2 is 1.84 bits per heavy atom. The van der Waals surface area contributed by atoms with E-state index < -0.39 is 10.0 Å². The van der Waals surface area contributed by atoms with Gasteiger partial charge < -0.3 is 9.47 Å². The summed E-state index contributed by atoms with van der Waals surface area (Å²) >= 11 is 0. The van der Waals surface area contributed by atoms with Gasteiger partial charge >= 0.3 is 0 Å². The Hall–Kier alpha value is -1.74. The van der Waals surface area contributed by atoms with Gasteiger partial charge in [0, 0.05) is 18.4 Å². The maximum atomic E-state index is 12.7. The van der Waals surface area contributed by atoms with Crippen molar-refractivity contribution >= 4 is 10.0 Å². The van der Waals surface area contributed by atoms with Crippen LogP contribution in [-0.4, -0.2) is 49.7 Å². The Labute approximate surface area is 147 Å². The Balaban J connectivity index is 1.44. The molecule has 1 aromatic carbocycles. The fourth-order valence-corrected chi connectivity index (χ4v) is 4.74. The van der Waals surface area contributed by atoms with Crippen LogP contribution in [0.2, 0.25) is 0 Å². The predicted molar refractivity (Wildman–Crippen MR) is 91.0 cm³/mol. The molecule has 2 aliphatic rings. The summed E-state index contributed by atoms with van der Waals surface area (Å²) in [5.41, 5.74) is 0.817. The molecule has 2 fully saturated rings. The summed E-state index contributed by atoms with van der Waals surface area (Å²) in [5, 5.41) is 4.14. The Bertz CT molecular complexity index is 805. The standard InChI is InChI=1S/C17H21N3O4S/c21-25(22,15-5-3-14(4-6-15)20-9-1-8-18-20)19-13-2-7-16-17(12-13)24-11-10-23-16/h1,3-6,8-9,13,16-17,19H,2,7,10-12H2/t13-,16+,17+/m1/s1. The van der Waals surface area contributed by atoms with Gasteiger partial charge in [-0.15, -0.1) is 0 Å². The minimum atomic E-state index is -3.56. The van der Waals surface area contributed by atoms with Crippen LogP contribution < -0.4 is 4.72 Å². The third-order valence-corrected chi connectivity index (χ3v) is 6.25. The van der Waals surface area contributed by atoms with Crippen LogP contribution in [-0.2, 0) is 19.5 Å². The van der Waals surface area contributed by atoms with Crippen molar-refractivity contribution in [3.63, 3.8) is 0 Å². The summed E-state index contributed by atoms with van der Waals surface area (Å²) in [6.07, 6.45) is 5.80. The number of hydrogen-bond acceptors (Lipinski definition) is 5. The molecule has 2 heterocycles. The van der Waals surface area contributed by atoms with Crippen LogP contribution in [0, 0.1) is 0 Å². The molecule has 2 aromatic rings. The Morgan fingerprint density at radius 3 is 2.56 bits per heavy atom. The molecule has 0 spiro atoms. The fraction of sp³-hybridized carbons (Fsp3) is 0.471. The van der Waals surface area contributed by atoms with E-state index in [9.17, 15) is 8.42 Å². The van der Waals surface area contributed by atoms with Gasteiger partial charge in [0.25, 0.3) is 0 Å². The molecule has 8 heteroatoms. The van der Waals surface area contributed by atoms with Gasteiger partial charge in [-0.05, 0) is 49.6 Å². The van der Waals surface area contributed by atoms with Gasteiger partial charge in [0.05, 0.1) is 36.0 Å². The smallest absolute Gasteiger partial charge is 0.240 e. The molecule has 7 nitrogen and oxygen atoms in total. The maximum absolute atomic E-state index is 12.7. The lowest BCUT2D eigenvalue weighted by molar-refractivity contribution is -0.156. The molecule has 1 saturated carbocycles. The van der Waals surface area contributed by atoms with E-state index in [1.807, 2.05) is 12.3 Å². The minimum absolute atomic E-state index is 0.0163. The second kappa shape index (κ2) is 6.87. The first-order chi connectivity index (χ1) is 12.1. The van der Waals surface area contributed by atoms with Crippen LogP contribution >= 0.6 is 0 Å². The lowest BCUT2D eigenvalue weighted by Gasteiger charge is -2.38. The lowest BCUT2D eigenvalue weighted by Crippen LogP contribution is -2.49. The van der Waals surface area contributed by atoms with E-state index >= 15 is 0 Å². The summed E-state index contributed by atoms with van der Waals surface area (Å²) in [6.45, 7) is 1.20. The SMILES string of the molecule is O=S(=O)(N[C@@H]1CC[C@@H]2OCCO[C@H]2C1)c1ccc(-n2cccn2)cc1. The molecule has 0 radical (unpaired) electrons. The quantitative estimate of drug-likeness (QED) is 0.890. The molecular weight excluding hydrogens is 342 g/mol. The number of fused-ring (bicyclic) bond motifs is 1. The van der Waals surface area contributed by atoms with Crippen molar-refractivity contribution in [1.82, 2.24) is 14.5 Å². The highest BCUT2D eigenvalue weighted by atomic mass is 32.2. The first-order valence-electron chi connectivity index (χ1n) is 8.47. The first-order valence-corrected chi connectivity index (χ1v) is 9.96. The summed E-state index contributed by atoms with van der Waals surface area (Å²) in [7, 11) is -3.56. The van der Waals surface area contributed by atoms with Gasteiger partial charge in [-0.25, -0.2) is 17.8 Å². The second-order valence-corrected chi connectivity index (χ2v) is 8.11. The van der Waals surface area contributed by atoms with E-state index in [2.05, 4.69) is 9.82 Å². The fourth-order valence-electron chi connectivity index (χ4n) is 3.46.